The van der Waals surface area contributed by atoms with Crippen LogP contribution >= 0.6 is 15.9 Å². The van der Waals surface area contributed by atoms with Crippen LogP contribution in [0.1, 0.15) is 46.0 Å². The number of nitrogens with one attached hydrogen (secondary N) is 2. The van der Waals surface area contributed by atoms with Gasteiger partial charge in [0.15, 0.2) is 0 Å². The fourth-order valence-corrected chi connectivity index (χ4v) is 2.45. The van der Waals surface area contributed by atoms with Gasteiger partial charge in [0.25, 0.3) is 11.8 Å². The number of anilines is 1. The Labute approximate surface area is 150 Å². The second-order valence-electron chi connectivity index (χ2n) is 5.61. The maximum Gasteiger partial charge on any atom is 0.255 e. The van der Waals surface area contributed by atoms with Gasteiger partial charge in [-0.15, -0.1) is 0 Å². The molecule has 126 valence electrons. The zero-order valence-corrected chi connectivity index (χ0v) is 15.4. The Bertz CT molecular complexity index is 744. The van der Waals surface area contributed by atoms with Crippen molar-refractivity contribution < 1.29 is 9.59 Å². The summed E-state index contributed by atoms with van der Waals surface area (Å²) in [4.78, 5) is 24.5. The van der Waals surface area contributed by atoms with Gasteiger partial charge in [-0.1, -0.05) is 35.3 Å². The lowest BCUT2D eigenvalue weighted by molar-refractivity contribution is 0.0953. The summed E-state index contributed by atoms with van der Waals surface area (Å²) in [6.45, 7) is 4.67. The first-order chi connectivity index (χ1) is 11.5. The van der Waals surface area contributed by atoms with E-state index in [1.54, 1.807) is 24.3 Å². The van der Waals surface area contributed by atoms with Crippen molar-refractivity contribution in [2.45, 2.75) is 26.7 Å². The Hall–Kier alpha value is -2.14. The van der Waals surface area contributed by atoms with E-state index in [9.17, 15) is 9.59 Å². The molecule has 0 aliphatic heterocycles. The minimum atomic E-state index is -0.236. The van der Waals surface area contributed by atoms with Gasteiger partial charge in [-0.05, 0) is 55.3 Å². The van der Waals surface area contributed by atoms with E-state index < -0.39 is 0 Å². The van der Waals surface area contributed by atoms with E-state index in [0.717, 1.165) is 28.6 Å². The molecule has 2 aromatic carbocycles. The van der Waals surface area contributed by atoms with E-state index in [2.05, 4.69) is 33.5 Å². The summed E-state index contributed by atoms with van der Waals surface area (Å²) in [5, 5.41) is 5.71. The number of aryl methyl sites for hydroxylation is 1. The predicted molar refractivity (Wildman–Crippen MR) is 101 cm³/mol. The molecule has 2 rings (SSSR count). The molecule has 5 heteroatoms. The molecule has 0 bridgehead atoms. The van der Waals surface area contributed by atoms with Gasteiger partial charge in [0, 0.05) is 27.8 Å². The van der Waals surface area contributed by atoms with Gasteiger partial charge in [-0.2, -0.15) is 0 Å². The molecule has 4 nitrogen and oxygen atoms in total. The van der Waals surface area contributed by atoms with Crippen molar-refractivity contribution in [1.82, 2.24) is 5.32 Å². The van der Waals surface area contributed by atoms with Gasteiger partial charge in [0.05, 0.1) is 0 Å². The maximum absolute atomic E-state index is 12.4. The van der Waals surface area contributed by atoms with E-state index >= 15 is 0 Å². The van der Waals surface area contributed by atoms with Gasteiger partial charge in [-0.3, -0.25) is 9.59 Å². The molecule has 0 aliphatic rings. The summed E-state index contributed by atoms with van der Waals surface area (Å²) in [6.07, 6.45) is 1.96. The van der Waals surface area contributed by atoms with Crippen molar-refractivity contribution >= 4 is 33.4 Å². The first-order valence-electron chi connectivity index (χ1n) is 7.97. The monoisotopic (exact) mass is 388 g/mol. The highest BCUT2D eigenvalue weighted by Gasteiger charge is 2.11. The van der Waals surface area contributed by atoms with Gasteiger partial charge < -0.3 is 10.6 Å². The predicted octanol–water partition coefficient (Wildman–Crippen LogP) is 4.54. The SMILES string of the molecule is CCCCNC(=O)c1cccc(C(=O)Nc2ccc(Br)c(C)c2)c1. The number of unbranched alkanes of at least 4 members (excludes halogenated alkanes) is 1. The summed E-state index contributed by atoms with van der Waals surface area (Å²) >= 11 is 3.43. The zero-order valence-electron chi connectivity index (χ0n) is 13.9. The number of hydrogen-bond donors (Lipinski definition) is 2. The van der Waals surface area contributed by atoms with Crippen LogP contribution in [0.5, 0.6) is 0 Å². The average Bonchev–Trinajstić information content (AvgIpc) is 2.58. The Kier molecular flexibility index (Phi) is 6.55. The highest BCUT2D eigenvalue weighted by Crippen LogP contribution is 2.20. The summed E-state index contributed by atoms with van der Waals surface area (Å²) in [5.41, 5.74) is 2.71. The smallest absolute Gasteiger partial charge is 0.255 e. The lowest BCUT2D eigenvalue weighted by Gasteiger charge is -2.09. The van der Waals surface area contributed by atoms with Crippen molar-refractivity contribution in [2.75, 3.05) is 11.9 Å². The van der Waals surface area contributed by atoms with E-state index in [0.29, 0.717) is 17.7 Å². The number of halogens is 1. The third kappa shape index (κ3) is 4.93. The van der Waals surface area contributed by atoms with Crippen LogP contribution in [0, 0.1) is 6.92 Å². The summed E-state index contributed by atoms with van der Waals surface area (Å²) in [6, 6.07) is 12.4. The Morgan fingerprint density at radius 2 is 1.75 bits per heavy atom. The minimum absolute atomic E-state index is 0.155. The normalized spacial score (nSPS) is 10.3. The third-order valence-electron chi connectivity index (χ3n) is 3.62. The first kappa shape index (κ1) is 18.2. The summed E-state index contributed by atoms with van der Waals surface area (Å²) < 4.78 is 0.992. The molecule has 0 aromatic heterocycles. The van der Waals surface area contributed by atoms with Crippen molar-refractivity contribution in [1.29, 1.82) is 0 Å². The van der Waals surface area contributed by atoms with Crippen LogP contribution in [-0.4, -0.2) is 18.4 Å². The second kappa shape index (κ2) is 8.64. The van der Waals surface area contributed by atoms with Crippen LogP contribution in [0.15, 0.2) is 46.9 Å². The van der Waals surface area contributed by atoms with E-state index in [1.165, 1.54) is 0 Å². The van der Waals surface area contributed by atoms with Crippen LogP contribution in [-0.2, 0) is 0 Å². The molecular weight excluding hydrogens is 368 g/mol. The summed E-state index contributed by atoms with van der Waals surface area (Å²) in [7, 11) is 0. The molecule has 0 fully saturated rings. The van der Waals surface area contributed by atoms with E-state index in [-0.39, 0.29) is 11.8 Å². The largest absolute Gasteiger partial charge is 0.352 e. The molecule has 0 heterocycles. The number of hydrogen-bond acceptors (Lipinski definition) is 2. The number of carbonyl (C=O) groups is 2. The highest BCUT2D eigenvalue weighted by molar-refractivity contribution is 9.10. The first-order valence-corrected chi connectivity index (χ1v) is 8.76. The minimum Gasteiger partial charge on any atom is -0.352 e. The van der Waals surface area contributed by atoms with Crippen molar-refractivity contribution in [3.05, 3.63) is 63.6 Å². The average molecular weight is 389 g/mol. The molecule has 0 saturated heterocycles. The van der Waals surface area contributed by atoms with Crippen molar-refractivity contribution in [3.8, 4) is 0 Å². The fourth-order valence-electron chi connectivity index (χ4n) is 2.21. The van der Waals surface area contributed by atoms with Gasteiger partial charge >= 0.3 is 0 Å². The molecular formula is C19H21BrN2O2. The van der Waals surface area contributed by atoms with Crippen LogP contribution in [0.25, 0.3) is 0 Å². The van der Waals surface area contributed by atoms with Gasteiger partial charge in [0.1, 0.15) is 0 Å². The van der Waals surface area contributed by atoms with Gasteiger partial charge in [-0.25, -0.2) is 0 Å². The Morgan fingerprint density at radius 1 is 1.04 bits per heavy atom. The van der Waals surface area contributed by atoms with Gasteiger partial charge in [0.2, 0.25) is 0 Å². The quantitative estimate of drug-likeness (QED) is 0.713. The van der Waals surface area contributed by atoms with Crippen molar-refractivity contribution in [3.63, 3.8) is 0 Å². The lowest BCUT2D eigenvalue weighted by atomic mass is 10.1. The molecule has 0 spiro atoms. The Morgan fingerprint density at radius 3 is 2.42 bits per heavy atom. The van der Waals surface area contributed by atoms with Crippen LogP contribution < -0.4 is 10.6 Å². The molecule has 24 heavy (non-hydrogen) atoms. The topological polar surface area (TPSA) is 58.2 Å². The molecule has 2 amide bonds. The molecule has 2 N–H and O–H groups in total. The van der Waals surface area contributed by atoms with E-state index in [1.807, 2.05) is 25.1 Å². The molecule has 0 saturated carbocycles. The van der Waals surface area contributed by atoms with Crippen LogP contribution in [0.4, 0.5) is 5.69 Å². The zero-order chi connectivity index (χ0) is 17.5. The number of carbonyl (C=O) groups excluding carboxylic acids is 2. The molecule has 0 unspecified atom stereocenters. The lowest BCUT2D eigenvalue weighted by Crippen LogP contribution is -2.24. The number of amides is 2. The highest BCUT2D eigenvalue weighted by atomic mass is 79.9. The molecule has 0 radical (unpaired) electrons. The Balaban J connectivity index is 2.08. The maximum atomic E-state index is 12.4. The standard InChI is InChI=1S/C19H21BrN2O2/c1-3-4-10-21-18(23)14-6-5-7-15(12-14)19(24)22-16-8-9-17(20)13(2)11-16/h5-9,11-12H,3-4,10H2,1-2H3,(H,21,23)(H,22,24). The van der Waals surface area contributed by atoms with E-state index in [4.69, 9.17) is 0 Å². The molecule has 2 aromatic rings. The third-order valence-corrected chi connectivity index (χ3v) is 4.51. The molecule has 0 atom stereocenters. The summed E-state index contributed by atoms with van der Waals surface area (Å²) in [5.74, 6) is -0.391. The fraction of sp³-hybridized carbons (Fsp3) is 0.263. The second-order valence-corrected chi connectivity index (χ2v) is 6.46. The van der Waals surface area contributed by atoms with Crippen LogP contribution in [0.2, 0.25) is 0 Å². The molecule has 0 aliphatic carbocycles. The van der Waals surface area contributed by atoms with Crippen LogP contribution in [0.3, 0.4) is 0 Å². The number of benzene rings is 2. The number of rotatable bonds is 6. The van der Waals surface area contributed by atoms with Crippen molar-refractivity contribution in [2.24, 2.45) is 0 Å².